The average Bonchev–Trinajstić information content (AvgIpc) is 2.96. The van der Waals surface area contributed by atoms with E-state index in [4.69, 9.17) is 11.6 Å². The number of halogens is 1. The molecule has 1 N–H and O–H groups in total. The Balaban J connectivity index is 1.77. The molecule has 1 saturated heterocycles. The van der Waals surface area contributed by atoms with Gasteiger partial charge in [0.25, 0.3) is 5.91 Å². The van der Waals surface area contributed by atoms with Crippen molar-refractivity contribution in [3.8, 4) is 0 Å². The predicted molar refractivity (Wildman–Crippen MR) is 115 cm³/mol. The maximum Gasteiger partial charge on any atom is 0.257 e. The molecule has 0 bridgehead atoms. The van der Waals surface area contributed by atoms with E-state index < -0.39 is 21.8 Å². The number of sulfonamides is 1. The summed E-state index contributed by atoms with van der Waals surface area (Å²) in [5, 5.41) is 2.84. The second-order valence-corrected chi connectivity index (χ2v) is 8.91. The molecule has 2 amide bonds. The molecule has 1 aliphatic heterocycles. The number of carbonyl (C=O) groups excluding carboxylic acids is 2. The Morgan fingerprint density at radius 3 is 2.31 bits per heavy atom. The molecule has 1 fully saturated rings. The first-order chi connectivity index (χ1) is 13.8. The molecule has 29 heavy (non-hydrogen) atoms. The second kappa shape index (κ2) is 8.42. The standard InChI is InChI=1S/C20H22ClN3O4S/c1-3-23(4-2)15-7-5-14(6-8-15)22-20(26)17-10-9-16(13-18(17)21)24-19(25)11-12-29(24,27)28/h5-10,13H,3-4,11-12H2,1-2H3,(H,22,26). The van der Waals surface area contributed by atoms with E-state index in [2.05, 4.69) is 24.1 Å². The van der Waals surface area contributed by atoms with Crippen molar-refractivity contribution < 1.29 is 18.0 Å². The molecule has 7 nitrogen and oxygen atoms in total. The summed E-state index contributed by atoms with van der Waals surface area (Å²) in [6, 6.07) is 11.6. The fraction of sp³-hybridized carbons (Fsp3) is 0.300. The lowest BCUT2D eigenvalue weighted by molar-refractivity contribution is -0.116. The van der Waals surface area contributed by atoms with Gasteiger partial charge in [-0.2, -0.15) is 0 Å². The fourth-order valence-electron chi connectivity index (χ4n) is 3.23. The largest absolute Gasteiger partial charge is 0.372 e. The van der Waals surface area contributed by atoms with Gasteiger partial charge in [0.15, 0.2) is 0 Å². The van der Waals surface area contributed by atoms with E-state index in [1.54, 1.807) is 0 Å². The van der Waals surface area contributed by atoms with Crippen molar-refractivity contribution in [2.75, 3.05) is 33.4 Å². The van der Waals surface area contributed by atoms with E-state index in [-0.39, 0.29) is 28.4 Å². The van der Waals surface area contributed by atoms with Crippen LogP contribution in [0, 0.1) is 0 Å². The summed E-state index contributed by atoms with van der Waals surface area (Å²) in [5.74, 6) is -1.16. The Labute approximate surface area is 175 Å². The summed E-state index contributed by atoms with van der Waals surface area (Å²) in [5.41, 5.74) is 2.00. The molecule has 1 aliphatic rings. The molecule has 0 aromatic heterocycles. The first kappa shape index (κ1) is 21.1. The third kappa shape index (κ3) is 4.38. The lowest BCUT2D eigenvalue weighted by atomic mass is 10.1. The summed E-state index contributed by atoms with van der Waals surface area (Å²) >= 11 is 6.21. The molecule has 0 spiro atoms. The minimum absolute atomic E-state index is 0.0638. The van der Waals surface area contributed by atoms with E-state index >= 15 is 0 Å². The van der Waals surface area contributed by atoms with Gasteiger partial charge in [-0.3, -0.25) is 9.59 Å². The van der Waals surface area contributed by atoms with Crippen LogP contribution in [-0.4, -0.2) is 39.1 Å². The topological polar surface area (TPSA) is 86.8 Å². The SMILES string of the molecule is CCN(CC)c1ccc(NC(=O)c2ccc(N3C(=O)CCS3(=O)=O)cc2Cl)cc1. The van der Waals surface area contributed by atoms with E-state index in [1.165, 1.54) is 18.2 Å². The molecule has 3 rings (SSSR count). The van der Waals surface area contributed by atoms with Crippen molar-refractivity contribution in [2.45, 2.75) is 20.3 Å². The number of amides is 2. The quantitative estimate of drug-likeness (QED) is 0.750. The maximum absolute atomic E-state index is 12.6. The number of carbonyl (C=O) groups is 2. The summed E-state index contributed by atoms with van der Waals surface area (Å²) in [6.45, 7) is 5.93. The normalized spacial score (nSPS) is 15.4. The number of rotatable bonds is 6. The van der Waals surface area contributed by atoms with Crippen molar-refractivity contribution in [1.82, 2.24) is 0 Å². The van der Waals surface area contributed by atoms with Crippen molar-refractivity contribution in [1.29, 1.82) is 0 Å². The number of benzene rings is 2. The van der Waals surface area contributed by atoms with Crippen LogP contribution in [0.1, 0.15) is 30.6 Å². The third-order valence-corrected chi connectivity index (χ3v) is 6.77. The summed E-state index contributed by atoms with van der Waals surface area (Å²) in [4.78, 5) is 26.7. The molecular weight excluding hydrogens is 414 g/mol. The Morgan fingerprint density at radius 1 is 1.14 bits per heavy atom. The van der Waals surface area contributed by atoms with Crippen LogP contribution in [0.3, 0.4) is 0 Å². The monoisotopic (exact) mass is 435 g/mol. The van der Waals surface area contributed by atoms with Gasteiger partial charge < -0.3 is 10.2 Å². The van der Waals surface area contributed by atoms with Crippen molar-refractivity contribution in [3.05, 3.63) is 53.1 Å². The van der Waals surface area contributed by atoms with Crippen LogP contribution in [0.25, 0.3) is 0 Å². The van der Waals surface area contributed by atoms with Gasteiger partial charge in [0.05, 0.1) is 22.0 Å². The molecule has 0 aliphatic carbocycles. The third-order valence-electron chi connectivity index (χ3n) is 4.76. The van der Waals surface area contributed by atoms with E-state index in [0.29, 0.717) is 5.69 Å². The maximum atomic E-state index is 12.6. The zero-order chi connectivity index (χ0) is 21.2. The van der Waals surface area contributed by atoms with Gasteiger partial charge in [0.1, 0.15) is 0 Å². The number of nitrogens with one attached hydrogen (secondary N) is 1. The molecule has 0 radical (unpaired) electrons. The zero-order valence-electron chi connectivity index (χ0n) is 16.2. The Hall–Kier alpha value is -2.58. The first-order valence-corrected chi connectivity index (χ1v) is 11.3. The molecule has 154 valence electrons. The van der Waals surface area contributed by atoms with Gasteiger partial charge in [-0.25, -0.2) is 12.7 Å². The van der Waals surface area contributed by atoms with Crippen LogP contribution in [-0.2, 0) is 14.8 Å². The fourth-order valence-corrected chi connectivity index (χ4v) is 4.94. The number of nitrogens with zero attached hydrogens (tertiary/aromatic N) is 2. The molecule has 0 unspecified atom stereocenters. The van der Waals surface area contributed by atoms with Crippen molar-refractivity contribution in [3.63, 3.8) is 0 Å². The van der Waals surface area contributed by atoms with Gasteiger partial charge in [0.2, 0.25) is 15.9 Å². The second-order valence-electron chi connectivity index (χ2n) is 6.56. The van der Waals surface area contributed by atoms with Crippen LogP contribution in [0.4, 0.5) is 17.1 Å². The van der Waals surface area contributed by atoms with Crippen molar-refractivity contribution >= 4 is 50.5 Å². The van der Waals surface area contributed by atoms with Crippen LogP contribution in [0.5, 0.6) is 0 Å². The van der Waals surface area contributed by atoms with Crippen LogP contribution in [0.2, 0.25) is 5.02 Å². The lowest BCUT2D eigenvalue weighted by Gasteiger charge is -2.21. The highest BCUT2D eigenvalue weighted by atomic mass is 35.5. The molecule has 0 atom stereocenters. The van der Waals surface area contributed by atoms with E-state index in [0.717, 1.165) is 23.1 Å². The number of hydrogen-bond donors (Lipinski definition) is 1. The molecule has 2 aromatic carbocycles. The predicted octanol–water partition coefficient (Wildman–Crippen LogP) is 3.51. The van der Waals surface area contributed by atoms with Crippen LogP contribution in [0.15, 0.2) is 42.5 Å². The Kier molecular flexibility index (Phi) is 6.14. The van der Waals surface area contributed by atoms with Gasteiger partial charge in [-0.15, -0.1) is 0 Å². The van der Waals surface area contributed by atoms with Crippen molar-refractivity contribution in [2.24, 2.45) is 0 Å². The van der Waals surface area contributed by atoms with E-state index in [1.807, 2.05) is 24.3 Å². The Morgan fingerprint density at radius 2 is 1.79 bits per heavy atom. The van der Waals surface area contributed by atoms with E-state index in [9.17, 15) is 18.0 Å². The van der Waals surface area contributed by atoms with Gasteiger partial charge in [-0.05, 0) is 56.3 Å². The Bertz CT molecular complexity index is 1030. The zero-order valence-corrected chi connectivity index (χ0v) is 17.8. The summed E-state index contributed by atoms with van der Waals surface area (Å²) in [7, 11) is -3.68. The van der Waals surface area contributed by atoms with Crippen LogP contribution < -0.4 is 14.5 Å². The molecular formula is C20H22ClN3O4S. The van der Waals surface area contributed by atoms with Crippen LogP contribution >= 0.6 is 11.6 Å². The molecule has 2 aromatic rings. The molecule has 0 saturated carbocycles. The highest BCUT2D eigenvalue weighted by Crippen LogP contribution is 2.30. The summed E-state index contributed by atoms with van der Waals surface area (Å²) in [6.07, 6.45) is -0.0638. The summed E-state index contributed by atoms with van der Waals surface area (Å²) < 4.78 is 24.8. The van der Waals surface area contributed by atoms with Gasteiger partial charge >= 0.3 is 0 Å². The minimum Gasteiger partial charge on any atom is -0.372 e. The molecule has 9 heteroatoms. The smallest absolute Gasteiger partial charge is 0.257 e. The highest BCUT2D eigenvalue weighted by molar-refractivity contribution is 7.94. The highest BCUT2D eigenvalue weighted by Gasteiger charge is 2.36. The molecule has 1 heterocycles. The minimum atomic E-state index is -3.68. The van der Waals surface area contributed by atoms with Gasteiger partial charge in [-0.1, -0.05) is 11.6 Å². The van der Waals surface area contributed by atoms with Gasteiger partial charge in [0, 0.05) is 30.9 Å². The lowest BCUT2D eigenvalue weighted by Crippen LogP contribution is -2.29. The first-order valence-electron chi connectivity index (χ1n) is 9.28. The average molecular weight is 436 g/mol. The number of anilines is 3. The number of hydrogen-bond acceptors (Lipinski definition) is 5.